The number of carboxylic acids is 1. The first-order valence-corrected chi connectivity index (χ1v) is 14.0. The summed E-state index contributed by atoms with van der Waals surface area (Å²) >= 11 is 0. The van der Waals surface area contributed by atoms with Gasteiger partial charge in [0.25, 0.3) is 11.7 Å². The number of fused-ring (bicyclic) bond motifs is 1. The molecule has 3 rings (SSSR count). The summed E-state index contributed by atoms with van der Waals surface area (Å²) in [6, 6.07) is 11.0. The lowest BCUT2D eigenvalue weighted by Gasteiger charge is -2.05. The first-order chi connectivity index (χ1) is 17.9. The smallest absolute Gasteiger partial charge is 0.337 e. The van der Waals surface area contributed by atoms with E-state index in [1.165, 1.54) is 64.2 Å². The number of carboxylic acid groups (broad SMARTS) is 1. The maximum absolute atomic E-state index is 11.6. The fraction of sp³-hybridized carbons (Fsp3) is 0.516. The minimum absolute atomic E-state index is 0.221. The highest BCUT2D eigenvalue weighted by atomic mass is 16.4. The topological polar surface area (TPSA) is 109 Å². The van der Waals surface area contributed by atoms with Gasteiger partial charge < -0.3 is 16.2 Å². The van der Waals surface area contributed by atoms with Gasteiger partial charge in [-0.15, -0.1) is 0 Å². The number of unbranched alkanes of at least 4 members (excludes halogenated alkanes) is 10. The summed E-state index contributed by atoms with van der Waals surface area (Å²) in [6.45, 7) is 4.43. The predicted molar refractivity (Wildman–Crippen MR) is 151 cm³/mol. The van der Waals surface area contributed by atoms with Crippen molar-refractivity contribution in [2.45, 2.75) is 104 Å². The van der Waals surface area contributed by atoms with Gasteiger partial charge in [-0.1, -0.05) is 90.2 Å². The molecule has 4 N–H and O–H groups in total. The summed E-state index contributed by atoms with van der Waals surface area (Å²) in [4.78, 5) is 33.8. The number of hydrogen-bond donors (Lipinski definition) is 3. The normalized spacial score (nSPS) is 12.1. The van der Waals surface area contributed by atoms with Gasteiger partial charge in [0.1, 0.15) is 0 Å². The molecule has 0 unspecified atom stereocenters. The molecule has 0 bridgehead atoms. The summed E-state index contributed by atoms with van der Waals surface area (Å²) in [5.74, 6) is -1.86. The predicted octanol–water partition coefficient (Wildman–Crippen LogP) is 7.59. The zero-order valence-corrected chi connectivity index (χ0v) is 22.6. The number of nitrogens with one attached hydrogen (secondary N) is 1. The Morgan fingerprint density at radius 2 is 1.27 bits per heavy atom. The van der Waals surface area contributed by atoms with Crippen molar-refractivity contribution in [3.05, 3.63) is 58.7 Å². The van der Waals surface area contributed by atoms with Gasteiger partial charge in [0.2, 0.25) is 0 Å². The number of nitrogens with two attached hydrogens (primary N) is 1. The number of Topliss-reactive ketones (excluding diaryl/α,β-unsaturated/α-hetero) is 1. The van der Waals surface area contributed by atoms with Crippen LogP contribution in [0.4, 0.5) is 11.4 Å². The second-order valence-corrected chi connectivity index (χ2v) is 9.93. The van der Waals surface area contributed by atoms with E-state index < -0.39 is 17.7 Å². The lowest BCUT2D eigenvalue weighted by Crippen LogP contribution is -2.12. The van der Waals surface area contributed by atoms with Gasteiger partial charge in [0, 0.05) is 5.69 Å². The molecule has 37 heavy (non-hydrogen) atoms. The molecule has 0 saturated carbocycles. The fourth-order valence-corrected chi connectivity index (χ4v) is 4.51. The molecule has 1 aliphatic rings. The molecular weight excluding hydrogens is 464 g/mol. The Morgan fingerprint density at radius 3 is 1.84 bits per heavy atom. The number of benzene rings is 2. The van der Waals surface area contributed by atoms with Crippen molar-refractivity contribution in [1.82, 2.24) is 0 Å². The largest absolute Gasteiger partial charge is 0.478 e. The van der Waals surface area contributed by atoms with Crippen LogP contribution in [0.5, 0.6) is 0 Å². The maximum atomic E-state index is 11.6. The van der Waals surface area contributed by atoms with Crippen molar-refractivity contribution < 1.29 is 19.5 Å². The van der Waals surface area contributed by atoms with Crippen molar-refractivity contribution in [2.24, 2.45) is 0 Å². The lowest BCUT2D eigenvalue weighted by atomic mass is 10.0. The number of carbonyl (C=O) groups is 3. The van der Waals surface area contributed by atoms with Crippen molar-refractivity contribution in [1.29, 1.82) is 0 Å². The summed E-state index contributed by atoms with van der Waals surface area (Å²) in [5, 5.41) is 11.6. The molecule has 0 radical (unpaired) electrons. The molecule has 6 heteroatoms. The third-order valence-electron chi connectivity index (χ3n) is 6.77. The lowest BCUT2D eigenvalue weighted by molar-refractivity contribution is -0.112. The van der Waals surface area contributed by atoms with Crippen molar-refractivity contribution in [3.63, 3.8) is 0 Å². The Labute approximate surface area is 222 Å². The highest BCUT2D eigenvalue weighted by Gasteiger charge is 2.27. The number of aryl methyl sites for hydroxylation is 2. The molecule has 2 aromatic carbocycles. The molecule has 2 aromatic rings. The molecule has 0 atom stereocenters. The van der Waals surface area contributed by atoms with Crippen LogP contribution in [-0.4, -0.2) is 22.8 Å². The van der Waals surface area contributed by atoms with Gasteiger partial charge in [0.15, 0.2) is 0 Å². The SMILES string of the molecule is CCCCCCCCc1ccc(N)c(C(=O)O)c1.CCCCCCCCc1ccc2c(c1)C(=O)C(=O)N2. The third kappa shape index (κ3) is 10.4. The second-order valence-electron chi connectivity index (χ2n) is 9.93. The summed E-state index contributed by atoms with van der Waals surface area (Å²) in [6.07, 6.45) is 17.0. The molecule has 6 nitrogen and oxygen atoms in total. The van der Waals surface area contributed by atoms with E-state index >= 15 is 0 Å². The maximum Gasteiger partial charge on any atom is 0.337 e. The Kier molecular flexibility index (Phi) is 13.5. The van der Waals surface area contributed by atoms with Crippen molar-refractivity contribution in [3.8, 4) is 0 Å². The van der Waals surface area contributed by atoms with Crippen LogP contribution in [0.3, 0.4) is 0 Å². The zero-order valence-electron chi connectivity index (χ0n) is 22.6. The molecule has 0 fully saturated rings. The van der Waals surface area contributed by atoms with E-state index in [2.05, 4.69) is 19.2 Å². The quantitative estimate of drug-likeness (QED) is 0.130. The van der Waals surface area contributed by atoms with Crippen molar-refractivity contribution in [2.75, 3.05) is 11.1 Å². The standard InChI is InChI=1S/C16H21NO2.C15H23NO2/c1-2-3-4-5-6-7-8-12-9-10-14-13(11-12)15(18)16(19)17-14;1-2-3-4-5-6-7-8-12-9-10-14(16)13(11-12)15(17)18/h9-11H,2-8H2,1H3,(H,17,18,19);9-11H,2-8,16H2,1H3,(H,17,18). The van der Waals surface area contributed by atoms with Gasteiger partial charge in [-0.25, -0.2) is 4.79 Å². The van der Waals surface area contributed by atoms with Crippen LogP contribution < -0.4 is 11.1 Å². The summed E-state index contributed by atoms with van der Waals surface area (Å²) in [7, 11) is 0. The van der Waals surface area contributed by atoms with E-state index in [9.17, 15) is 14.4 Å². The number of carbonyl (C=O) groups excluding carboxylic acids is 2. The van der Waals surface area contributed by atoms with Gasteiger partial charge >= 0.3 is 5.97 Å². The summed E-state index contributed by atoms with van der Waals surface area (Å²) in [5.41, 5.74) is 9.59. The fourth-order valence-electron chi connectivity index (χ4n) is 4.51. The van der Waals surface area contributed by atoms with E-state index in [0.717, 1.165) is 36.8 Å². The van der Waals surface area contributed by atoms with Crippen LogP contribution in [0.15, 0.2) is 36.4 Å². The highest BCUT2D eigenvalue weighted by molar-refractivity contribution is 6.51. The van der Waals surface area contributed by atoms with E-state index in [4.69, 9.17) is 10.8 Å². The number of amides is 1. The van der Waals surface area contributed by atoms with Crippen LogP contribution in [0.1, 0.15) is 123 Å². The second kappa shape index (κ2) is 16.6. The van der Waals surface area contributed by atoms with Crippen LogP contribution in [0, 0.1) is 0 Å². The van der Waals surface area contributed by atoms with Crippen LogP contribution in [0.25, 0.3) is 0 Å². The average molecular weight is 509 g/mol. The van der Waals surface area contributed by atoms with Gasteiger partial charge in [0.05, 0.1) is 16.8 Å². The van der Waals surface area contributed by atoms with Gasteiger partial charge in [-0.3, -0.25) is 9.59 Å². The Bertz CT molecular complexity index is 1030. The molecule has 1 heterocycles. The third-order valence-corrected chi connectivity index (χ3v) is 6.77. The molecule has 202 valence electrons. The molecule has 0 spiro atoms. The first kappa shape index (κ1) is 30.1. The van der Waals surface area contributed by atoms with E-state index in [1.54, 1.807) is 12.1 Å². The number of nitrogen functional groups attached to an aromatic ring is 1. The van der Waals surface area contributed by atoms with Crippen LogP contribution >= 0.6 is 0 Å². The zero-order chi connectivity index (χ0) is 27.0. The molecular formula is C31H44N2O4. The number of aromatic carboxylic acids is 1. The highest BCUT2D eigenvalue weighted by Crippen LogP contribution is 2.25. The van der Waals surface area contributed by atoms with E-state index in [-0.39, 0.29) is 5.56 Å². The van der Waals surface area contributed by atoms with Gasteiger partial charge in [-0.2, -0.15) is 0 Å². The van der Waals surface area contributed by atoms with E-state index in [1.807, 2.05) is 24.3 Å². The Hall–Kier alpha value is -3.15. The molecule has 1 aliphatic heterocycles. The average Bonchev–Trinajstić information content (AvgIpc) is 3.17. The van der Waals surface area contributed by atoms with Crippen LogP contribution in [-0.2, 0) is 17.6 Å². The monoisotopic (exact) mass is 508 g/mol. The number of anilines is 2. The number of hydrogen-bond acceptors (Lipinski definition) is 4. The number of rotatable bonds is 15. The van der Waals surface area contributed by atoms with Crippen LogP contribution in [0.2, 0.25) is 0 Å². The minimum atomic E-state index is -0.947. The first-order valence-electron chi connectivity index (χ1n) is 14.0. The Morgan fingerprint density at radius 1 is 0.757 bits per heavy atom. The van der Waals surface area contributed by atoms with Crippen molar-refractivity contribution >= 4 is 29.0 Å². The molecule has 0 saturated heterocycles. The molecule has 1 amide bonds. The van der Waals surface area contributed by atoms with E-state index in [0.29, 0.717) is 16.9 Å². The summed E-state index contributed by atoms with van der Waals surface area (Å²) < 4.78 is 0. The molecule has 0 aromatic heterocycles. The number of ketones is 1. The molecule has 0 aliphatic carbocycles. The minimum Gasteiger partial charge on any atom is -0.478 e. The van der Waals surface area contributed by atoms with Gasteiger partial charge in [-0.05, 0) is 61.1 Å². The Balaban J connectivity index is 0.000000261.